The number of hydrogen-bond donors (Lipinski definition) is 0. The molecule has 2 atom stereocenters. The summed E-state index contributed by atoms with van der Waals surface area (Å²) in [6.45, 7) is 1.66. The molecule has 2 aliphatic heterocycles. The SMILES string of the molecule is C[C@@]12OC(=O)C[C@@H]1OC(=O)C2(Br)Br. The van der Waals surface area contributed by atoms with E-state index in [0.29, 0.717) is 0 Å². The molecule has 0 aromatic rings. The smallest absolute Gasteiger partial charge is 0.338 e. The molecule has 72 valence electrons. The van der Waals surface area contributed by atoms with E-state index in [1.807, 2.05) is 0 Å². The van der Waals surface area contributed by atoms with Gasteiger partial charge in [0, 0.05) is 0 Å². The summed E-state index contributed by atoms with van der Waals surface area (Å²) < 4.78 is 8.97. The molecule has 0 radical (unpaired) electrons. The molecular formula is C7H6Br2O4. The number of ether oxygens (including phenoxy) is 2. The van der Waals surface area contributed by atoms with Crippen LogP contribution in [0.5, 0.6) is 0 Å². The van der Waals surface area contributed by atoms with E-state index in [2.05, 4.69) is 31.9 Å². The summed E-state index contributed by atoms with van der Waals surface area (Å²) in [6, 6.07) is 0. The minimum atomic E-state index is -1.11. The fourth-order valence-corrected chi connectivity index (χ4v) is 2.38. The Kier molecular flexibility index (Phi) is 1.80. The predicted molar refractivity (Wildman–Crippen MR) is 49.6 cm³/mol. The lowest BCUT2D eigenvalue weighted by Crippen LogP contribution is -2.46. The minimum absolute atomic E-state index is 0.126. The van der Waals surface area contributed by atoms with E-state index in [1.54, 1.807) is 6.92 Å². The molecule has 13 heavy (non-hydrogen) atoms. The molecular weight excluding hydrogens is 308 g/mol. The third kappa shape index (κ3) is 1.01. The van der Waals surface area contributed by atoms with E-state index >= 15 is 0 Å². The summed E-state index contributed by atoms with van der Waals surface area (Å²) >= 11 is 6.33. The van der Waals surface area contributed by atoms with Crippen LogP contribution in [0, 0.1) is 0 Å². The average molecular weight is 314 g/mol. The number of fused-ring (bicyclic) bond motifs is 1. The summed E-state index contributed by atoms with van der Waals surface area (Å²) in [6.07, 6.45) is -0.368. The second-order valence-corrected chi connectivity index (χ2v) is 6.70. The van der Waals surface area contributed by atoms with Gasteiger partial charge < -0.3 is 9.47 Å². The first-order valence-corrected chi connectivity index (χ1v) is 5.27. The van der Waals surface area contributed by atoms with Crippen molar-refractivity contribution in [2.24, 2.45) is 0 Å². The Balaban J connectivity index is 2.43. The molecule has 0 N–H and O–H groups in total. The summed E-state index contributed by atoms with van der Waals surface area (Å²) in [5, 5.41) is 0. The topological polar surface area (TPSA) is 52.6 Å². The Hall–Kier alpha value is -0.100. The number of alkyl halides is 2. The van der Waals surface area contributed by atoms with Crippen molar-refractivity contribution in [1.82, 2.24) is 0 Å². The molecule has 0 bridgehead atoms. The molecule has 0 saturated carbocycles. The highest BCUT2D eigenvalue weighted by atomic mass is 79.9. The third-order valence-electron chi connectivity index (χ3n) is 2.42. The van der Waals surface area contributed by atoms with Crippen LogP contribution in [-0.4, -0.2) is 26.9 Å². The number of halogens is 2. The van der Waals surface area contributed by atoms with Crippen LogP contribution in [0.4, 0.5) is 0 Å². The molecule has 4 nitrogen and oxygen atoms in total. The van der Waals surface area contributed by atoms with E-state index < -0.39 is 20.9 Å². The lowest BCUT2D eigenvalue weighted by atomic mass is 9.98. The molecule has 0 aromatic carbocycles. The van der Waals surface area contributed by atoms with Gasteiger partial charge in [-0.2, -0.15) is 0 Å². The van der Waals surface area contributed by atoms with E-state index in [4.69, 9.17) is 9.47 Å². The molecule has 2 heterocycles. The summed E-state index contributed by atoms with van der Waals surface area (Å²) in [5.41, 5.74) is -0.943. The average Bonchev–Trinajstić information content (AvgIpc) is 2.33. The zero-order valence-electron chi connectivity index (χ0n) is 6.67. The number of rotatable bonds is 0. The van der Waals surface area contributed by atoms with Gasteiger partial charge in [-0.25, -0.2) is 4.79 Å². The number of carbonyl (C=O) groups excluding carboxylic acids is 2. The van der Waals surface area contributed by atoms with Crippen LogP contribution in [0.2, 0.25) is 0 Å². The van der Waals surface area contributed by atoms with Gasteiger partial charge in [0.1, 0.15) is 0 Å². The van der Waals surface area contributed by atoms with Crippen molar-refractivity contribution in [3.63, 3.8) is 0 Å². The molecule has 0 unspecified atom stereocenters. The van der Waals surface area contributed by atoms with E-state index in [9.17, 15) is 9.59 Å². The molecule has 2 aliphatic rings. The first-order valence-electron chi connectivity index (χ1n) is 3.68. The zero-order chi connectivity index (χ0) is 9.85. The summed E-state index contributed by atoms with van der Waals surface area (Å²) in [5.74, 6) is -0.796. The Labute approximate surface area is 91.2 Å². The predicted octanol–water partition coefficient (Wildman–Crippen LogP) is 1.10. The van der Waals surface area contributed by atoms with E-state index in [0.717, 1.165) is 0 Å². The Bertz CT molecular complexity index is 301. The normalized spacial score (nSPS) is 41.3. The van der Waals surface area contributed by atoms with Crippen LogP contribution < -0.4 is 0 Å². The van der Waals surface area contributed by atoms with Crippen LogP contribution in [0.25, 0.3) is 0 Å². The monoisotopic (exact) mass is 312 g/mol. The lowest BCUT2D eigenvalue weighted by molar-refractivity contribution is -0.147. The first-order chi connectivity index (χ1) is 5.88. The first kappa shape index (κ1) is 9.45. The highest BCUT2D eigenvalue weighted by molar-refractivity contribution is 9.26. The molecule has 2 rings (SSSR count). The molecule has 2 fully saturated rings. The maximum Gasteiger partial charge on any atom is 0.338 e. The summed E-state index contributed by atoms with van der Waals surface area (Å²) in [7, 11) is 0. The molecule has 6 heteroatoms. The van der Waals surface area contributed by atoms with E-state index in [1.165, 1.54) is 0 Å². The van der Waals surface area contributed by atoms with Crippen molar-refractivity contribution in [3.8, 4) is 0 Å². The fraction of sp³-hybridized carbons (Fsp3) is 0.714. The lowest BCUT2D eigenvalue weighted by Gasteiger charge is -2.27. The largest absolute Gasteiger partial charge is 0.456 e. The van der Waals surface area contributed by atoms with Gasteiger partial charge in [-0.1, -0.05) is 31.9 Å². The highest BCUT2D eigenvalue weighted by Crippen LogP contribution is 2.53. The zero-order valence-corrected chi connectivity index (χ0v) is 9.85. The van der Waals surface area contributed by atoms with Crippen molar-refractivity contribution < 1.29 is 19.1 Å². The minimum Gasteiger partial charge on any atom is -0.456 e. The van der Waals surface area contributed by atoms with Crippen LogP contribution in [-0.2, 0) is 19.1 Å². The number of carbonyl (C=O) groups is 2. The summed E-state index contributed by atoms with van der Waals surface area (Å²) in [4.78, 5) is 22.3. The quantitative estimate of drug-likeness (QED) is 0.496. The second-order valence-electron chi connectivity index (χ2n) is 3.25. The van der Waals surface area contributed by atoms with Crippen LogP contribution in [0.1, 0.15) is 13.3 Å². The molecule has 0 amide bonds. The van der Waals surface area contributed by atoms with Gasteiger partial charge in [0.15, 0.2) is 11.7 Å². The van der Waals surface area contributed by atoms with Crippen molar-refractivity contribution in [2.45, 2.75) is 28.3 Å². The van der Waals surface area contributed by atoms with Crippen LogP contribution in [0.3, 0.4) is 0 Å². The molecule has 0 aliphatic carbocycles. The second kappa shape index (κ2) is 2.48. The van der Waals surface area contributed by atoms with Gasteiger partial charge in [0.05, 0.1) is 6.42 Å². The Morgan fingerprint density at radius 3 is 2.62 bits per heavy atom. The van der Waals surface area contributed by atoms with Gasteiger partial charge in [-0.15, -0.1) is 0 Å². The van der Waals surface area contributed by atoms with Crippen LogP contribution in [0.15, 0.2) is 0 Å². The van der Waals surface area contributed by atoms with Gasteiger partial charge in [-0.3, -0.25) is 4.79 Å². The van der Waals surface area contributed by atoms with Gasteiger partial charge >= 0.3 is 11.9 Å². The van der Waals surface area contributed by atoms with Crippen molar-refractivity contribution >= 4 is 43.8 Å². The number of hydrogen-bond acceptors (Lipinski definition) is 4. The van der Waals surface area contributed by atoms with Gasteiger partial charge in [0.25, 0.3) is 0 Å². The molecule has 2 saturated heterocycles. The van der Waals surface area contributed by atoms with Gasteiger partial charge in [-0.05, 0) is 6.92 Å². The maximum atomic E-state index is 11.3. The highest BCUT2D eigenvalue weighted by Gasteiger charge is 2.69. The number of esters is 2. The maximum absolute atomic E-state index is 11.3. The third-order valence-corrected chi connectivity index (χ3v) is 4.64. The van der Waals surface area contributed by atoms with Gasteiger partial charge in [0.2, 0.25) is 3.23 Å². The molecule has 0 aromatic heterocycles. The molecule has 0 spiro atoms. The fourth-order valence-electron chi connectivity index (χ4n) is 1.52. The van der Waals surface area contributed by atoms with E-state index in [-0.39, 0.29) is 12.4 Å². The standard InChI is InChI=1S/C7H6Br2O4/c1-6-3(2-4(10)13-6)12-5(11)7(6,8)9/h3H,2H2,1H3/t3-,6+/m0/s1. The van der Waals surface area contributed by atoms with Crippen LogP contribution >= 0.6 is 31.9 Å². The van der Waals surface area contributed by atoms with Crippen molar-refractivity contribution in [1.29, 1.82) is 0 Å². The Morgan fingerprint density at radius 1 is 1.46 bits per heavy atom. The Morgan fingerprint density at radius 2 is 2.08 bits per heavy atom. The van der Waals surface area contributed by atoms with Crippen molar-refractivity contribution in [3.05, 3.63) is 0 Å². The van der Waals surface area contributed by atoms with Crippen molar-refractivity contribution in [2.75, 3.05) is 0 Å².